The maximum atomic E-state index is 11.6. The van der Waals surface area contributed by atoms with Gasteiger partial charge in [0.15, 0.2) is 0 Å². The lowest BCUT2D eigenvalue weighted by Gasteiger charge is -2.04. The van der Waals surface area contributed by atoms with Gasteiger partial charge in [0.2, 0.25) is 0 Å². The van der Waals surface area contributed by atoms with Crippen molar-refractivity contribution in [2.75, 3.05) is 6.61 Å². The van der Waals surface area contributed by atoms with Crippen LogP contribution in [0.15, 0.2) is 29.3 Å². The minimum atomic E-state index is -0.300. The van der Waals surface area contributed by atoms with Crippen LogP contribution in [0.2, 0.25) is 0 Å². The lowest BCUT2D eigenvalue weighted by atomic mass is 10.0. The summed E-state index contributed by atoms with van der Waals surface area (Å²) in [6.45, 7) is 4.30. The third kappa shape index (κ3) is 2.73. The van der Waals surface area contributed by atoms with Crippen LogP contribution in [0, 0.1) is 6.92 Å². The molecule has 0 saturated heterocycles. The topological polar surface area (TPSA) is 38.7 Å². The highest BCUT2D eigenvalue weighted by atomic mass is 16.5. The summed E-state index contributed by atoms with van der Waals surface area (Å²) in [6.07, 6.45) is 1.62. The fraction of sp³-hybridized carbons (Fsp3) is 0.429. The summed E-state index contributed by atoms with van der Waals surface area (Å²) in [7, 11) is 0. The first-order valence-electron chi connectivity index (χ1n) is 6.01. The van der Waals surface area contributed by atoms with E-state index in [0.717, 1.165) is 24.1 Å². The molecule has 0 fully saturated rings. The number of benzene rings is 1. The molecule has 0 radical (unpaired) electrons. The second-order valence-electron chi connectivity index (χ2n) is 4.25. The van der Waals surface area contributed by atoms with Gasteiger partial charge < -0.3 is 4.74 Å². The van der Waals surface area contributed by atoms with Crippen molar-refractivity contribution in [1.82, 2.24) is 0 Å². The van der Waals surface area contributed by atoms with E-state index in [0.29, 0.717) is 6.61 Å². The average molecular weight is 231 g/mol. The van der Waals surface area contributed by atoms with Gasteiger partial charge >= 0.3 is 5.97 Å². The maximum absolute atomic E-state index is 11.6. The number of nitrogens with zero attached hydrogens (tertiary/aromatic N) is 1. The Morgan fingerprint density at radius 2 is 2.35 bits per heavy atom. The third-order valence-electron chi connectivity index (χ3n) is 2.88. The van der Waals surface area contributed by atoms with Crippen molar-refractivity contribution in [3.05, 3.63) is 35.4 Å². The summed E-state index contributed by atoms with van der Waals surface area (Å²) in [4.78, 5) is 16.0. The largest absolute Gasteiger partial charge is 0.464 e. The minimum Gasteiger partial charge on any atom is -0.464 e. The van der Waals surface area contributed by atoms with Crippen LogP contribution in [0.4, 0.5) is 0 Å². The number of carbonyl (C=O) groups is 1. The molecule has 90 valence electrons. The molecule has 0 spiro atoms. The molecule has 0 N–H and O–H groups in total. The molecule has 2 rings (SSSR count). The van der Waals surface area contributed by atoms with E-state index in [1.165, 1.54) is 5.56 Å². The summed E-state index contributed by atoms with van der Waals surface area (Å²) in [5.41, 5.74) is 3.35. The number of carbonyl (C=O) groups excluding carboxylic acids is 1. The van der Waals surface area contributed by atoms with Crippen LogP contribution in [-0.2, 0) is 9.53 Å². The number of aliphatic imine (C=N–C) groups is 1. The lowest BCUT2D eigenvalue weighted by molar-refractivity contribution is -0.144. The van der Waals surface area contributed by atoms with Crippen molar-refractivity contribution >= 4 is 11.7 Å². The van der Waals surface area contributed by atoms with Crippen molar-refractivity contribution in [3.63, 3.8) is 0 Å². The first-order valence-corrected chi connectivity index (χ1v) is 6.01. The van der Waals surface area contributed by atoms with Gasteiger partial charge in [0.05, 0.1) is 6.61 Å². The van der Waals surface area contributed by atoms with E-state index in [1.807, 2.05) is 19.1 Å². The zero-order valence-electron chi connectivity index (χ0n) is 10.3. The monoisotopic (exact) mass is 231 g/mol. The van der Waals surface area contributed by atoms with Crippen molar-refractivity contribution in [1.29, 1.82) is 0 Å². The van der Waals surface area contributed by atoms with E-state index >= 15 is 0 Å². The van der Waals surface area contributed by atoms with Crippen LogP contribution in [0.1, 0.15) is 30.9 Å². The summed E-state index contributed by atoms with van der Waals surface area (Å²) < 4.78 is 4.99. The SMILES string of the molecule is CCOC(=O)[C@@H]1CCC(c2cccc(C)c2)=N1. The van der Waals surface area contributed by atoms with Crippen molar-refractivity contribution < 1.29 is 9.53 Å². The zero-order valence-corrected chi connectivity index (χ0v) is 10.3. The minimum absolute atomic E-state index is 0.199. The Kier molecular flexibility index (Phi) is 3.57. The first-order chi connectivity index (χ1) is 8.20. The van der Waals surface area contributed by atoms with Gasteiger partial charge in [-0.15, -0.1) is 0 Å². The third-order valence-corrected chi connectivity index (χ3v) is 2.88. The summed E-state index contributed by atoms with van der Waals surface area (Å²) in [6, 6.07) is 7.92. The molecule has 1 aliphatic heterocycles. The standard InChI is InChI=1S/C14H17NO2/c1-3-17-14(16)13-8-7-12(15-13)11-6-4-5-10(2)9-11/h4-6,9,13H,3,7-8H2,1-2H3/t13-/m0/s1. The van der Waals surface area contributed by atoms with Gasteiger partial charge in [0, 0.05) is 5.71 Å². The van der Waals surface area contributed by atoms with Crippen molar-refractivity contribution in [3.8, 4) is 0 Å². The highest BCUT2D eigenvalue weighted by Crippen LogP contribution is 2.20. The summed E-state index contributed by atoms with van der Waals surface area (Å²) >= 11 is 0. The molecule has 0 unspecified atom stereocenters. The van der Waals surface area contributed by atoms with Gasteiger partial charge in [-0.2, -0.15) is 0 Å². The highest BCUT2D eigenvalue weighted by Gasteiger charge is 2.25. The van der Waals surface area contributed by atoms with Gasteiger partial charge in [-0.05, 0) is 32.3 Å². The molecular formula is C14H17NO2. The number of hydrogen-bond donors (Lipinski definition) is 0. The molecule has 1 aromatic rings. The molecule has 1 aromatic carbocycles. The maximum Gasteiger partial charge on any atom is 0.330 e. The van der Waals surface area contributed by atoms with Crippen molar-refractivity contribution in [2.24, 2.45) is 4.99 Å². The Labute approximate surface area is 102 Å². The molecule has 3 heteroatoms. The second-order valence-corrected chi connectivity index (χ2v) is 4.25. The zero-order chi connectivity index (χ0) is 12.3. The number of hydrogen-bond acceptors (Lipinski definition) is 3. The van der Waals surface area contributed by atoms with E-state index in [-0.39, 0.29) is 12.0 Å². The summed E-state index contributed by atoms with van der Waals surface area (Å²) in [5, 5.41) is 0. The fourth-order valence-corrected chi connectivity index (χ4v) is 2.04. The van der Waals surface area contributed by atoms with Crippen LogP contribution < -0.4 is 0 Å². The molecule has 0 bridgehead atoms. The Balaban J connectivity index is 2.14. The van der Waals surface area contributed by atoms with Crippen LogP contribution in [0.3, 0.4) is 0 Å². The van der Waals surface area contributed by atoms with E-state index in [1.54, 1.807) is 0 Å². The molecule has 1 aliphatic rings. The first kappa shape index (κ1) is 11.8. The molecule has 0 saturated carbocycles. The fourth-order valence-electron chi connectivity index (χ4n) is 2.04. The molecule has 0 amide bonds. The van der Waals surface area contributed by atoms with Crippen molar-refractivity contribution in [2.45, 2.75) is 32.7 Å². The molecule has 0 aromatic heterocycles. The van der Waals surface area contributed by atoms with Gasteiger partial charge in [-0.1, -0.05) is 29.8 Å². The second kappa shape index (κ2) is 5.13. The van der Waals surface area contributed by atoms with E-state index < -0.39 is 0 Å². The number of esters is 1. The molecule has 3 nitrogen and oxygen atoms in total. The number of aryl methyl sites for hydroxylation is 1. The van der Waals surface area contributed by atoms with Gasteiger partial charge in [-0.25, -0.2) is 4.79 Å². The molecule has 0 aliphatic carbocycles. The summed E-state index contributed by atoms with van der Waals surface area (Å²) in [5.74, 6) is -0.199. The van der Waals surface area contributed by atoms with E-state index in [4.69, 9.17) is 4.74 Å². The Hall–Kier alpha value is -1.64. The molecule has 1 atom stereocenters. The normalized spacial score (nSPS) is 18.9. The van der Waals surface area contributed by atoms with Crippen LogP contribution in [-0.4, -0.2) is 24.3 Å². The van der Waals surface area contributed by atoms with Gasteiger partial charge in [0.1, 0.15) is 6.04 Å². The van der Waals surface area contributed by atoms with E-state index in [9.17, 15) is 4.79 Å². The Bertz CT molecular complexity index is 451. The van der Waals surface area contributed by atoms with Gasteiger partial charge in [0.25, 0.3) is 0 Å². The van der Waals surface area contributed by atoms with Gasteiger partial charge in [-0.3, -0.25) is 4.99 Å². The smallest absolute Gasteiger partial charge is 0.330 e. The molecule has 1 heterocycles. The molecule has 17 heavy (non-hydrogen) atoms. The average Bonchev–Trinajstić information content (AvgIpc) is 2.78. The van der Waals surface area contributed by atoms with Crippen LogP contribution in [0.25, 0.3) is 0 Å². The lowest BCUT2D eigenvalue weighted by Crippen LogP contribution is -2.18. The quantitative estimate of drug-likeness (QED) is 0.750. The highest BCUT2D eigenvalue weighted by molar-refractivity contribution is 6.03. The van der Waals surface area contributed by atoms with Crippen LogP contribution >= 0.6 is 0 Å². The van der Waals surface area contributed by atoms with Crippen LogP contribution in [0.5, 0.6) is 0 Å². The molecular weight excluding hydrogens is 214 g/mol. The van der Waals surface area contributed by atoms with E-state index in [2.05, 4.69) is 24.0 Å². The number of rotatable bonds is 3. The predicted octanol–water partition coefficient (Wildman–Crippen LogP) is 2.51. The Morgan fingerprint density at radius 3 is 3.06 bits per heavy atom. The Morgan fingerprint density at radius 1 is 1.53 bits per heavy atom. The number of ether oxygens (including phenoxy) is 1. The predicted molar refractivity (Wildman–Crippen MR) is 67.4 cm³/mol.